The highest BCUT2D eigenvalue weighted by Gasteiger charge is 2.30. The summed E-state index contributed by atoms with van der Waals surface area (Å²) in [6, 6.07) is 4.99. The van der Waals surface area contributed by atoms with Gasteiger partial charge in [0.2, 0.25) is 17.7 Å². The van der Waals surface area contributed by atoms with Crippen LogP contribution in [0, 0.1) is 0 Å². The lowest BCUT2D eigenvalue weighted by molar-refractivity contribution is -0.142. The Labute approximate surface area is 249 Å². The van der Waals surface area contributed by atoms with Crippen LogP contribution in [0.15, 0.2) is 40.3 Å². The second-order valence-electron chi connectivity index (χ2n) is 9.50. The molecule has 4 atom stereocenters. The monoisotopic (exact) mass is 608 g/mol. The molecule has 0 aliphatic rings. The summed E-state index contributed by atoms with van der Waals surface area (Å²) in [6.45, 7) is 0.369. The molecule has 15 nitrogen and oxygen atoms in total. The Balaban J connectivity index is 3.00. The molecule has 0 saturated heterocycles. The summed E-state index contributed by atoms with van der Waals surface area (Å²) >= 11 is 1.48. The highest BCUT2D eigenvalue weighted by Crippen LogP contribution is 2.08. The van der Waals surface area contributed by atoms with Crippen LogP contribution in [0.5, 0.6) is 0 Å². The summed E-state index contributed by atoms with van der Waals surface area (Å²) in [5.74, 6) is -2.79. The minimum Gasteiger partial charge on any atom is -0.480 e. The van der Waals surface area contributed by atoms with Gasteiger partial charge in [-0.3, -0.25) is 24.4 Å². The van der Waals surface area contributed by atoms with Gasteiger partial charge in [0.25, 0.3) is 0 Å². The number of benzene rings is 1. The van der Waals surface area contributed by atoms with Crippen LogP contribution < -0.4 is 44.6 Å². The van der Waals surface area contributed by atoms with Crippen molar-refractivity contribution in [3.05, 3.63) is 35.9 Å². The summed E-state index contributed by atoms with van der Waals surface area (Å²) < 4.78 is 0. The van der Waals surface area contributed by atoms with E-state index in [1.165, 1.54) is 11.8 Å². The number of rotatable bonds is 20. The predicted octanol–water partition coefficient (Wildman–Crippen LogP) is -2.04. The number of hydrogen-bond donors (Lipinski definition) is 9. The molecule has 0 spiro atoms. The van der Waals surface area contributed by atoms with Gasteiger partial charge in [0.1, 0.15) is 18.1 Å². The first-order chi connectivity index (χ1) is 19.9. The quantitative estimate of drug-likeness (QED) is 0.0441. The largest absolute Gasteiger partial charge is 0.480 e. The number of amides is 3. The molecule has 1 aromatic rings. The van der Waals surface area contributed by atoms with Gasteiger partial charge in [-0.1, -0.05) is 30.3 Å². The molecule has 1 rings (SSSR count). The number of nitrogens with two attached hydrogens (primary N) is 5. The number of nitrogens with zero attached hydrogens (tertiary/aromatic N) is 2. The van der Waals surface area contributed by atoms with E-state index in [-0.39, 0.29) is 50.7 Å². The first kappa shape index (κ1) is 36.0. The van der Waals surface area contributed by atoms with E-state index < -0.39 is 47.9 Å². The molecule has 42 heavy (non-hydrogen) atoms. The minimum absolute atomic E-state index is 0.0538. The minimum atomic E-state index is -1.25. The van der Waals surface area contributed by atoms with E-state index in [4.69, 9.17) is 28.7 Å². The summed E-state index contributed by atoms with van der Waals surface area (Å²) in [5, 5.41) is 17.4. The molecular weight excluding hydrogens is 564 g/mol. The standard InChI is InChI=1S/C26H44N10O5S/c1-42-14-11-19(34-21(37)17(27)15-16-7-3-2-4-8-16)23(39)35-18(9-5-12-32-25(28)29)22(38)36-20(24(40)41)10-6-13-33-26(30)31/h2-4,7-8,17-20H,5-6,9-15,27H2,1H3,(H,34,37)(H,35,39)(H,36,38)(H,40,41)(H4,28,29,32)(H4,30,31,33). The zero-order chi connectivity index (χ0) is 31.5. The van der Waals surface area contributed by atoms with Crippen LogP contribution in [0.25, 0.3) is 0 Å². The third-order valence-corrected chi connectivity index (χ3v) is 6.66. The highest BCUT2D eigenvalue weighted by molar-refractivity contribution is 7.98. The molecule has 14 N–H and O–H groups in total. The maximum absolute atomic E-state index is 13.3. The zero-order valence-corrected chi connectivity index (χ0v) is 24.6. The van der Waals surface area contributed by atoms with Crippen molar-refractivity contribution in [2.75, 3.05) is 25.1 Å². The Morgan fingerprint density at radius 2 is 1.26 bits per heavy atom. The Hall–Kier alpha value is -4.05. The average molecular weight is 609 g/mol. The maximum Gasteiger partial charge on any atom is 0.326 e. The molecule has 0 saturated carbocycles. The molecule has 0 radical (unpaired) electrons. The lowest BCUT2D eigenvalue weighted by Crippen LogP contribution is -2.57. The highest BCUT2D eigenvalue weighted by atomic mass is 32.2. The van der Waals surface area contributed by atoms with Crippen molar-refractivity contribution in [2.24, 2.45) is 38.7 Å². The molecule has 0 aliphatic carbocycles. The van der Waals surface area contributed by atoms with Crippen LogP contribution in [-0.2, 0) is 25.6 Å². The van der Waals surface area contributed by atoms with E-state index in [0.29, 0.717) is 18.6 Å². The van der Waals surface area contributed by atoms with Crippen molar-refractivity contribution < 1.29 is 24.3 Å². The molecule has 0 aromatic heterocycles. The molecule has 0 bridgehead atoms. The van der Waals surface area contributed by atoms with Gasteiger partial charge < -0.3 is 49.7 Å². The fraction of sp³-hybridized carbons (Fsp3) is 0.538. The topological polar surface area (TPSA) is 279 Å². The van der Waals surface area contributed by atoms with Gasteiger partial charge in [-0.2, -0.15) is 11.8 Å². The second kappa shape index (κ2) is 19.9. The number of thioether (sulfide) groups is 1. The van der Waals surface area contributed by atoms with Gasteiger partial charge in [-0.15, -0.1) is 0 Å². The van der Waals surface area contributed by atoms with Crippen LogP contribution in [0.4, 0.5) is 0 Å². The molecular formula is C26H44N10O5S. The van der Waals surface area contributed by atoms with Crippen LogP contribution in [0.3, 0.4) is 0 Å². The Bertz CT molecular complexity index is 1060. The fourth-order valence-corrected chi connectivity index (χ4v) is 4.29. The number of carbonyl (C=O) groups is 4. The van der Waals surface area contributed by atoms with Gasteiger partial charge in [0.05, 0.1) is 6.04 Å². The molecule has 4 unspecified atom stereocenters. The van der Waals surface area contributed by atoms with Crippen molar-refractivity contribution in [2.45, 2.75) is 62.7 Å². The summed E-state index contributed by atoms with van der Waals surface area (Å²) in [4.78, 5) is 58.9. The number of carboxylic acids is 1. The second-order valence-corrected chi connectivity index (χ2v) is 10.5. The van der Waals surface area contributed by atoms with E-state index in [0.717, 1.165) is 5.56 Å². The normalized spacial score (nSPS) is 13.5. The van der Waals surface area contributed by atoms with E-state index in [2.05, 4.69) is 25.9 Å². The van der Waals surface area contributed by atoms with Gasteiger partial charge >= 0.3 is 5.97 Å². The molecule has 3 amide bonds. The lowest BCUT2D eigenvalue weighted by atomic mass is 10.0. The molecule has 0 heterocycles. The van der Waals surface area contributed by atoms with Crippen LogP contribution in [0.2, 0.25) is 0 Å². The van der Waals surface area contributed by atoms with Crippen molar-refractivity contribution in [3.63, 3.8) is 0 Å². The van der Waals surface area contributed by atoms with Crippen molar-refractivity contribution in [1.82, 2.24) is 16.0 Å². The number of guanidine groups is 2. The van der Waals surface area contributed by atoms with Gasteiger partial charge in [0.15, 0.2) is 11.9 Å². The number of carboxylic acid groups (broad SMARTS) is 1. The third kappa shape index (κ3) is 15.1. The predicted molar refractivity (Wildman–Crippen MR) is 164 cm³/mol. The van der Waals surface area contributed by atoms with E-state index in [1.807, 2.05) is 36.6 Å². The first-order valence-electron chi connectivity index (χ1n) is 13.5. The number of aliphatic imine (C=N–C) groups is 2. The van der Waals surface area contributed by atoms with Crippen LogP contribution in [-0.4, -0.2) is 90.0 Å². The van der Waals surface area contributed by atoms with Gasteiger partial charge in [0, 0.05) is 13.1 Å². The van der Waals surface area contributed by atoms with Crippen LogP contribution in [0.1, 0.15) is 37.7 Å². The average Bonchev–Trinajstić information content (AvgIpc) is 2.93. The lowest BCUT2D eigenvalue weighted by Gasteiger charge is -2.25. The van der Waals surface area contributed by atoms with Crippen LogP contribution >= 0.6 is 11.8 Å². The Morgan fingerprint density at radius 1 is 0.786 bits per heavy atom. The Morgan fingerprint density at radius 3 is 1.76 bits per heavy atom. The molecule has 234 valence electrons. The number of aliphatic carboxylic acids is 1. The number of nitrogens with one attached hydrogen (secondary N) is 3. The SMILES string of the molecule is CSCCC(NC(=O)C(N)Cc1ccccc1)C(=O)NC(CCCN=C(N)N)C(=O)NC(CCCN=C(N)N)C(=O)O. The van der Waals surface area contributed by atoms with Crippen molar-refractivity contribution in [3.8, 4) is 0 Å². The van der Waals surface area contributed by atoms with E-state index >= 15 is 0 Å². The molecule has 0 fully saturated rings. The summed E-state index contributed by atoms with van der Waals surface area (Å²) in [5.41, 5.74) is 28.3. The zero-order valence-electron chi connectivity index (χ0n) is 23.8. The number of carbonyl (C=O) groups excluding carboxylic acids is 3. The van der Waals surface area contributed by atoms with Crippen molar-refractivity contribution >= 4 is 47.4 Å². The number of hydrogen-bond acceptors (Lipinski definition) is 8. The van der Waals surface area contributed by atoms with Gasteiger partial charge in [-0.25, -0.2) is 4.79 Å². The smallest absolute Gasteiger partial charge is 0.326 e. The van der Waals surface area contributed by atoms with E-state index in [9.17, 15) is 24.3 Å². The molecule has 1 aromatic carbocycles. The maximum atomic E-state index is 13.3. The molecule has 16 heteroatoms. The van der Waals surface area contributed by atoms with Crippen molar-refractivity contribution in [1.29, 1.82) is 0 Å². The summed E-state index contributed by atoms with van der Waals surface area (Å²) in [6.07, 6.45) is 3.17. The van der Waals surface area contributed by atoms with E-state index in [1.54, 1.807) is 0 Å². The first-order valence-corrected chi connectivity index (χ1v) is 14.9. The Kier molecular flexibility index (Phi) is 17.1. The molecule has 0 aliphatic heterocycles. The summed E-state index contributed by atoms with van der Waals surface area (Å²) in [7, 11) is 0. The third-order valence-electron chi connectivity index (χ3n) is 6.02. The fourth-order valence-electron chi connectivity index (χ4n) is 3.82. The van der Waals surface area contributed by atoms with Gasteiger partial charge in [-0.05, 0) is 56.1 Å².